The molecule has 4 heteroatoms. The third-order valence-corrected chi connectivity index (χ3v) is 8.14. The van der Waals surface area contributed by atoms with Crippen LogP contribution >= 0.6 is 0 Å². The van der Waals surface area contributed by atoms with Crippen molar-refractivity contribution in [3.8, 4) is 0 Å². The predicted molar refractivity (Wildman–Crippen MR) is 152 cm³/mol. The number of aliphatic hydroxyl groups is 4. The smallest absolute Gasteiger partial charge is 0.0512 e. The van der Waals surface area contributed by atoms with Gasteiger partial charge in [0.1, 0.15) is 0 Å². The van der Waals surface area contributed by atoms with Crippen LogP contribution in [0.4, 0.5) is 0 Å². The Morgan fingerprint density at radius 3 is 1.00 bits per heavy atom. The van der Waals surface area contributed by atoms with Gasteiger partial charge in [-0.25, -0.2) is 0 Å². The lowest BCUT2D eigenvalue weighted by Crippen LogP contribution is -2.33. The zero-order valence-corrected chi connectivity index (χ0v) is 23.7. The monoisotopic (exact) mass is 506 g/mol. The van der Waals surface area contributed by atoms with Crippen molar-refractivity contribution in [1.29, 1.82) is 0 Å². The Morgan fingerprint density at radius 2 is 0.722 bits per heavy atom. The molecule has 0 bridgehead atoms. The second-order valence-corrected chi connectivity index (χ2v) is 11.5. The van der Waals surface area contributed by atoms with Crippen molar-refractivity contribution in [2.24, 2.45) is 10.8 Å². The molecule has 0 aliphatic heterocycles. The highest BCUT2D eigenvalue weighted by atomic mass is 16.3. The van der Waals surface area contributed by atoms with Crippen molar-refractivity contribution in [2.75, 3.05) is 26.4 Å². The van der Waals surface area contributed by atoms with Crippen LogP contribution in [-0.4, -0.2) is 46.9 Å². The maximum atomic E-state index is 10.1. The predicted octanol–water partition coefficient (Wildman–Crippen LogP) is 7.00. The van der Waals surface area contributed by atoms with Crippen molar-refractivity contribution in [3.63, 3.8) is 0 Å². The second-order valence-electron chi connectivity index (χ2n) is 11.5. The molecule has 210 valence electrons. The van der Waals surface area contributed by atoms with Gasteiger partial charge in [0.25, 0.3) is 0 Å². The van der Waals surface area contributed by atoms with Crippen LogP contribution in [0, 0.1) is 10.8 Å². The summed E-state index contributed by atoms with van der Waals surface area (Å²) in [5.41, 5.74) is 1.30. The molecule has 4 nitrogen and oxygen atoms in total. The van der Waals surface area contributed by atoms with Gasteiger partial charge in [-0.3, -0.25) is 0 Å². The molecule has 0 aliphatic rings. The molecule has 0 aliphatic carbocycles. The molecule has 0 unspecified atom stereocenters. The van der Waals surface area contributed by atoms with Crippen molar-refractivity contribution in [1.82, 2.24) is 0 Å². The van der Waals surface area contributed by atoms with Gasteiger partial charge < -0.3 is 20.4 Å². The number of unbranched alkanes of at least 4 members (excludes halogenated alkanes) is 12. The fourth-order valence-electron chi connectivity index (χ4n) is 5.37. The Hall–Kier alpha value is -0.940. The van der Waals surface area contributed by atoms with Crippen LogP contribution in [0.1, 0.15) is 128 Å². The van der Waals surface area contributed by atoms with E-state index in [-0.39, 0.29) is 26.4 Å². The van der Waals surface area contributed by atoms with E-state index in [2.05, 4.69) is 38.1 Å². The zero-order valence-electron chi connectivity index (χ0n) is 23.7. The topological polar surface area (TPSA) is 80.9 Å². The Labute approximate surface area is 222 Å². The van der Waals surface area contributed by atoms with Gasteiger partial charge in [0.05, 0.1) is 26.4 Å². The number of aliphatic hydroxyl groups excluding tert-OH is 4. The normalized spacial score (nSPS) is 12.4. The van der Waals surface area contributed by atoms with Crippen molar-refractivity contribution in [2.45, 2.75) is 129 Å². The standard InChI is InChI=1S/C32H58O4/c1-3-5-7-9-11-13-15-21-31(25-33,26-34)23-29-17-19-30(20-18-29)24-32(27-35,28-36)22-16-14-12-10-8-6-4-2/h17-20,33-36H,3-16,21-28H2,1-2H3. The third-order valence-electron chi connectivity index (χ3n) is 8.14. The summed E-state index contributed by atoms with van der Waals surface area (Å²) < 4.78 is 0. The zero-order chi connectivity index (χ0) is 26.5. The minimum Gasteiger partial charge on any atom is -0.396 e. The highest BCUT2D eigenvalue weighted by Crippen LogP contribution is 2.32. The Balaban J connectivity index is 2.59. The average Bonchev–Trinajstić information content (AvgIpc) is 2.91. The summed E-state index contributed by atoms with van der Waals surface area (Å²) in [4.78, 5) is 0. The van der Waals surface area contributed by atoms with Gasteiger partial charge in [-0.2, -0.15) is 0 Å². The first kappa shape index (κ1) is 33.1. The molecule has 1 aromatic carbocycles. The van der Waals surface area contributed by atoms with Crippen LogP contribution in [0.3, 0.4) is 0 Å². The maximum absolute atomic E-state index is 10.1. The van der Waals surface area contributed by atoms with Crippen LogP contribution in [-0.2, 0) is 12.8 Å². The van der Waals surface area contributed by atoms with E-state index in [0.29, 0.717) is 12.8 Å². The minimum absolute atomic E-state index is 0.00231. The molecule has 0 radical (unpaired) electrons. The minimum atomic E-state index is -0.470. The highest BCUT2D eigenvalue weighted by molar-refractivity contribution is 5.25. The lowest BCUT2D eigenvalue weighted by molar-refractivity contribution is 0.0442. The van der Waals surface area contributed by atoms with Gasteiger partial charge in [0.2, 0.25) is 0 Å². The van der Waals surface area contributed by atoms with Gasteiger partial charge in [0.15, 0.2) is 0 Å². The van der Waals surface area contributed by atoms with Crippen LogP contribution in [0.5, 0.6) is 0 Å². The molecule has 0 fully saturated rings. The lowest BCUT2D eigenvalue weighted by Gasteiger charge is -2.31. The Kier molecular flexibility index (Phi) is 18.5. The molecule has 0 atom stereocenters. The summed E-state index contributed by atoms with van der Waals surface area (Å²) in [5, 5.41) is 40.5. The molecule has 36 heavy (non-hydrogen) atoms. The van der Waals surface area contributed by atoms with E-state index in [4.69, 9.17) is 0 Å². The van der Waals surface area contributed by atoms with Gasteiger partial charge in [-0.05, 0) is 36.8 Å². The van der Waals surface area contributed by atoms with E-state index in [1.807, 2.05) is 0 Å². The molecule has 1 rings (SSSR count). The van der Waals surface area contributed by atoms with Crippen molar-refractivity contribution in [3.05, 3.63) is 35.4 Å². The van der Waals surface area contributed by atoms with Gasteiger partial charge in [-0.1, -0.05) is 128 Å². The number of benzene rings is 1. The molecular formula is C32H58O4. The summed E-state index contributed by atoms with van der Waals surface area (Å²) in [6.07, 6.45) is 20.2. The fraction of sp³-hybridized carbons (Fsp3) is 0.812. The van der Waals surface area contributed by atoms with E-state index in [1.54, 1.807) is 0 Å². The molecule has 0 amide bonds. The van der Waals surface area contributed by atoms with Gasteiger partial charge >= 0.3 is 0 Å². The summed E-state index contributed by atoms with van der Waals surface area (Å²) >= 11 is 0. The Bertz CT molecular complexity index is 565. The summed E-state index contributed by atoms with van der Waals surface area (Å²) in [6, 6.07) is 8.36. The molecular weight excluding hydrogens is 448 g/mol. The van der Waals surface area contributed by atoms with E-state index < -0.39 is 10.8 Å². The quantitative estimate of drug-likeness (QED) is 0.114. The fourth-order valence-corrected chi connectivity index (χ4v) is 5.37. The lowest BCUT2D eigenvalue weighted by atomic mass is 9.77. The number of hydrogen-bond donors (Lipinski definition) is 4. The van der Waals surface area contributed by atoms with Crippen LogP contribution in [0.2, 0.25) is 0 Å². The molecule has 0 aromatic heterocycles. The third kappa shape index (κ3) is 13.0. The summed E-state index contributed by atoms with van der Waals surface area (Å²) in [5.74, 6) is 0. The van der Waals surface area contributed by atoms with E-state index in [0.717, 1.165) is 49.7 Å². The molecule has 1 aromatic rings. The average molecular weight is 507 g/mol. The first-order valence-electron chi connectivity index (χ1n) is 15.0. The van der Waals surface area contributed by atoms with Gasteiger partial charge in [0, 0.05) is 10.8 Å². The molecule has 0 heterocycles. The van der Waals surface area contributed by atoms with Crippen LogP contribution < -0.4 is 0 Å². The van der Waals surface area contributed by atoms with E-state index >= 15 is 0 Å². The van der Waals surface area contributed by atoms with E-state index in [1.165, 1.54) is 64.2 Å². The first-order valence-corrected chi connectivity index (χ1v) is 15.0. The SMILES string of the molecule is CCCCCCCCCC(CO)(CO)Cc1ccc(CC(CO)(CO)CCCCCCCCC)cc1. The molecule has 0 saturated heterocycles. The van der Waals surface area contributed by atoms with Crippen LogP contribution in [0.25, 0.3) is 0 Å². The van der Waals surface area contributed by atoms with Crippen molar-refractivity contribution < 1.29 is 20.4 Å². The largest absolute Gasteiger partial charge is 0.396 e. The maximum Gasteiger partial charge on any atom is 0.0512 e. The van der Waals surface area contributed by atoms with Crippen molar-refractivity contribution >= 4 is 0 Å². The molecule has 4 N–H and O–H groups in total. The van der Waals surface area contributed by atoms with E-state index in [9.17, 15) is 20.4 Å². The summed E-state index contributed by atoms with van der Waals surface area (Å²) in [6.45, 7) is 4.46. The molecule has 0 saturated carbocycles. The van der Waals surface area contributed by atoms with Gasteiger partial charge in [-0.15, -0.1) is 0 Å². The Morgan fingerprint density at radius 1 is 0.444 bits per heavy atom. The second kappa shape index (κ2) is 20.1. The summed E-state index contributed by atoms with van der Waals surface area (Å²) in [7, 11) is 0. The first-order chi connectivity index (χ1) is 17.5. The van der Waals surface area contributed by atoms with Crippen LogP contribution in [0.15, 0.2) is 24.3 Å². The molecule has 0 spiro atoms. The number of hydrogen-bond acceptors (Lipinski definition) is 4. The number of rotatable bonds is 24. The highest BCUT2D eigenvalue weighted by Gasteiger charge is 2.30.